The number of rotatable bonds is 4. The fourth-order valence-corrected chi connectivity index (χ4v) is 4.49. The Hall–Kier alpha value is -3.09. The number of fused-ring (bicyclic) bond motifs is 2. The topological polar surface area (TPSA) is 58.7 Å². The van der Waals surface area contributed by atoms with Crippen LogP contribution in [0.15, 0.2) is 65.3 Å². The second-order valence-corrected chi connectivity index (χ2v) is 8.00. The summed E-state index contributed by atoms with van der Waals surface area (Å²) >= 11 is 1.63. The van der Waals surface area contributed by atoms with Gasteiger partial charge in [0.25, 0.3) is 0 Å². The zero-order valence-electron chi connectivity index (χ0n) is 15.7. The van der Waals surface area contributed by atoms with Crippen LogP contribution in [0.5, 0.6) is 11.5 Å². The Balaban J connectivity index is 1.42. The van der Waals surface area contributed by atoms with E-state index in [1.54, 1.807) is 23.7 Å². The lowest BCUT2D eigenvalue weighted by Crippen LogP contribution is -2.25. The molecule has 0 radical (unpaired) electrons. The molecule has 0 fully saturated rings. The van der Waals surface area contributed by atoms with Crippen molar-refractivity contribution < 1.29 is 14.3 Å². The van der Waals surface area contributed by atoms with Gasteiger partial charge in [-0.15, -0.1) is 11.3 Å². The summed E-state index contributed by atoms with van der Waals surface area (Å²) in [6.45, 7) is 2.79. The van der Waals surface area contributed by atoms with Crippen molar-refractivity contribution in [2.75, 3.05) is 19.7 Å². The smallest absolute Gasteiger partial charge is 0.165 e. The predicted octanol–water partition coefficient (Wildman–Crippen LogP) is 5.17. The van der Waals surface area contributed by atoms with Gasteiger partial charge in [0.15, 0.2) is 11.5 Å². The van der Waals surface area contributed by atoms with Crippen molar-refractivity contribution in [2.45, 2.75) is 6.54 Å². The van der Waals surface area contributed by atoms with Gasteiger partial charge in [-0.1, -0.05) is 18.2 Å². The maximum Gasteiger partial charge on any atom is 0.165 e. The molecule has 4 aromatic rings. The van der Waals surface area contributed by atoms with E-state index in [1.807, 2.05) is 36.4 Å². The van der Waals surface area contributed by atoms with E-state index in [0.29, 0.717) is 18.9 Å². The van der Waals surface area contributed by atoms with Gasteiger partial charge >= 0.3 is 0 Å². The maximum atomic E-state index is 10.6. The molecule has 29 heavy (non-hydrogen) atoms. The van der Waals surface area contributed by atoms with Crippen molar-refractivity contribution in [3.63, 3.8) is 0 Å². The van der Waals surface area contributed by atoms with Crippen LogP contribution in [0.4, 0.5) is 0 Å². The number of phenolic OH excluding ortho intramolecular Hbond substituents is 1. The number of furan rings is 1. The van der Waals surface area contributed by atoms with Gasteiger partial charge in [0.2, 0.25) is 0 Å². The van der Waals surface area contributed by atoms with Crippen molar-refractivity contribution in [3.05, 3.63) is 72.2 Å². The zero-order chi connectivity index (χ0) is 19.6. The number of para-hydroxylation sites is 1. The van der Waals surface area contributed by atoms with Crippen LogP contribution in [-0.4, -0.2) is 34.7 Å². The van der Waals surface area contributed by atoms with Gasteiger partial charge in [0.1, 0.15) is 17.4 Å². The number of ether oxygens (including phenoxy) is 1. The summed E-state index contributed by atoms with van der Waals surface area (Å²) < 4.78 is 12.3. The minimum atomic E-state index is 0.171. The van der Waals surface area contributed by atoms with Crippen LogP contribution >= 0.6 is 11.3 Å². The molecule has 5 rings (SSSR count). The lowest BCUT2D eigenvalue weighted by molar-refractivity contribution is 0.239. The third-order valence-electron chi connectivity index (χ3n) is 4.92. The van der Waals surface area contributed by atoms with Crippen LogP contribution in [0.2, 0.25) is 0 Å². The Bertz CT molecular complexity index is 1130. The Kier molecular flexibility index (Phi) is 4.79. The minimum absolute atomic E-state index is 0.171. The van der Waals surface area contributed by atoms with E-state index in [0.717, 1.165) is 45.2 Å². The van der Waals surface area contributed by atoms with E-state index in [-0.39, 0.29) is 5.75 Å². The van der Waals surface area contributed by atoms with Crippen LogP contribution in [0.3, 0.4) is 0 Å². The summed E-state index contributed by atoms with van der Waals surface area (Å²) in [5.74, 6) is 1.59. The third kappa shape index (κ3) is 3.77. The number of thiazole rings is 1. The molecule has 5 nitrogen and oxygen atoms in total. The highest BCUT2D eigenvalue weighted by Crippen LogP contribution is 2.39. The van der Waals surface area contributed by atoms with Crippen LogP contribution in [-0.2, 0) is 6.54 Å². The van der Waals surface area contributed by atoms with E-state index < -0.39 is 0 Å². The van der Waals surface area contributed by atoms with Crippen molar-refractivity contribution >= 4 is 27.6 Å². The first-order valence-corrected chi connectivity index (χ1v) is 10.3. The second-order valence-electron chi connectivity index (χ2n) is 6.97. The van der Waals surface area contributed by atoms with Gasteiger partial charge in [-0.2, -0.15) is 0 Å². The predicted molar refractivity (Wildman–Crippen MR) is 115 cm³/mol. The molecular weight excluding hydrogens is 384 g/mol. The molecule has 2 aromatic carbocycles. The molecule has 2 aromatic heterocycles. The lowest BCUT2D eigenvalue weighted by atomic mass is 10.1. The van der Waals surface area contributed by atoms with Crippen LogP contribution in [0.25, 0.3) is 26.9 Å². The van der Waals surface area contributed by atoms with Gasteiger partial charge in [-0.25, -0.2) is 4.98 Å². The van der Waals surface area contributed by atoms with Gasteiger partial charge in [-0.05, 0) is 42.5 Å². The van der Waals surface area contributed by atoms with Crippen molar-refractivity contribution in [2.24, 2.45) is 0 Å². The number of nitrogens with zero attached hydrogens (tertiary/aromatic N) is 2. The molecule has 1 N–H and O–H groups in total. The van der Waals surface area contributed by atoms with E-state index in [2.05, 4.69) is 23.1 Å². The van der Waals surface area contributed by atoms with Crippen molar-refractivity contribution in [1.82, 2.24) is 9.88 Å². The molecule has 0 atom stereocenters. The number of aromatic nitrogens is 1. The van der Waals surface area contributed by atoms with Gasteiger partial charge in [-0.3, -0.25) is 4.90 Å². The molecule has 0 bridgehead atoms. The molecule has 0 amide bonds. The Morgan fingerprint density at radius 1 is 1.17 bits per heavy atom. The number of hydrogen-bond acceptors (Lipinski definition) is 6. The van der Waals surface area contributed by atoms with E-state index in [4.69, 9.17) is 14.1 Å². The highest BCUT2D eigenvalue weighted by atomic mass is 32.1. The lowest BCUT2D eigenvalue weighted by Gasteiger charge is -2.17. The molecule has 3 heterocycles. The van der Waals surface area contributed by atoms with Gasteiger partial charge < -0.3 is 14.3 Å². The van der Waals surface area contributed by atoms with Crippen LogP contribution < -0.4 is 4.74 Å². The van der Waals surface area contributed by atoms with Crippen LogP contribution in [0, 0.1) is 0 Å². The highest BCUT2D eigenvalue weighted by Gasteiger charge is 2.20. The molecule has 0 saturated heterocycles. The maximum absolute atomic E-state index is 10.6. The average molecular weight is 404 g/mol. The third-order valence-corrected chi connectivity index (χ3v) is 6.01. The first-order valence-electron chi connectivity index (χ1n) is 9.53. The Labute approximate surface area is 172 Å². The summed E-state index contributed by atoms with van der Waals surface area (Å²) in [5, 5.41) is 11.5. The number of aromatic hydroxyl groups is 1. The second kappa shape index (κ2) is 7.73. The normalized spacial score (nSPS) is 14.8. The summed E-state index contributed by atoms with van der Waals surface area (Å²) in [7, 11) is 0. The molecule has 1 aliphatic heterocycles. The molecular formula is C23H20N2O3S. The van der Waals surface area contributed by atoms with Crippen LogP contribution in [0.1, 0.15) is 11.3 Å². The van der Waals surface area contributed by atoms with Gasteiger partial charge in [0, 0.05) is 30.8 Å². The summed E-state index contributed by atoms with van der Waals surface area (Å²) in [4.78, 5) is 7.01. The van der Waals surface area contributed by atoms with E-state index in [9.17, 15) is 5.11 Å². The average Bonchev–Trinajstić information content (AvgIpc) is 3.34. The molecule has 6 heteroatoms. The number of benzene rings is 2. The molecule has 0 saturated carbocycles. The largest absolute Gasteiger partial charge is 0.504 e. The molecule has 0 aliphatic carbocycles. The SMILES string of the molecule is Oc1cc(-c2nc3ccccc3s2)cc2c1OCCN(C/C=C/c1ccco1)C2. The van der Waals surface area contributed by atoms with Crippen molar-refractivity contribution in [1.29, 1.82) is 0 Å². The Morgan fingerprint density at radius 2 is 2.10 bits per heavy atom. The number of phenols is 1. The van der Waals surface area contributed by atoms with E-state index >= 15 is 0 Å². The zero-order valence-corrected chi connectivity index (χ0v) is 16.6. The van der Waals surface area contributed by atoms with Crippen molar-refractivity contribution in [3.8, 4) is 22.1 Å². The fourth-order valence-electron chi connectivity index (χ4n) is 3.53. The molecule has 0 unspecified atom stereocenters. The number of hydrogen-bond donors (Lipinski definition) is 1. The monoisotopic (exact) mass is 404 g/mol. The summed E-state index contributed by atoms with van der Waals surface area (Å²) in [6, 6.07) is 15.7. The first-order chi connectivity index (χ1) is 14.3. The van der Waals surface area contributed by atoms with E-state index in [1.165, 1.54) is 0 Å². The molecule has 146 valence electrons. The summed E-state index contributed by atoms with van der Waals surface area (Å²) in [6.07, 6.45) is 5.73. The summed E-state index contributed by atoms with van der Waals surface area (Å²) in [5.41, 5.74) is 2.87. The standard InChI is InChI=1S/C23H20N2O3S/c26-20-14-16(23-24-19-7-1-2-8-21(19)29-23)13-17-15-25(10-12-28-22(17)20)9-3-5-18-6-4-11-27-18/h1-8,11,13-14,26H,9-10,12,15H2/b5-3+. The first kappa shape index (κ1) is 18.0. The Morgan fingerprint density at radius 3 is 2.97 bits per heavy atom. The minimum Gasteiger partial charge on any atom is -0.504 e. The molecule has 1 aliphatic rings. The fraction of sp³-hybridized carbons (Fsp3) is 0.174. The molecule has 0 spiro atoms. The highest BCUT2D eigenvalue weighted by molar-refractivity contribution is 7.21. The van der Waals surface area contributed by atoms with Gasteiger partial charge in [0.05, 0.1) is 16.5 Å². The quantitative estimate of drug-likeness (QED) is 0.508.